The van der Waals surface area contributed by atoms with E-state index in [9.17, 15) is 9.59 Å². The summed E-state index contributed by atoms with van der Waals surface area (Å²) < 4.78 is 7.61. The number of allylic oxidation sites excluding steroid dienone is 1. The van der Waals surface area contributed by atoms with E-state index < -0.39 is 0 Å². The highest BCUT2D eigenvalue weighted by molar-refractivity contribution is 9.10. The Morgan fingerprint density at radius 3 is 2.61 bits per heavy atom. The van der Waals surface area contributed by atoms with Gasteiger partial charge in [0.05, 0.1) is 17.7 Å². The third-order valence-electron chi connectivity index (χ3n) is 6.40. The van der Waals surface area contributed by atoms with Crippen molar-refractivity contribution in [3.63, 3.8) is 0 Å². The van der Waals surface area contributed by atoms with Crippen LogP contribution in [0.5, 0.6) is 0 Å². The highest BCUT2D eigenvalue weighted by atomic mass is 79.9. The minimum Gasteiger partial charge on any atom is -0.457 e. The van der Waals surface area contributed by atoms with Gasteiger partial charge in [-0.15, -0.1) is 5.10 Å². The summed E-state index contributed by atoms with van der Waals surface area (Å²) in [5.74, 6) is 0.139. The van der Waals surface area contributed by atoms with Crippen LogP contribution in [0.4, 0.5) is 0 Å². The molecule has 8 nitrogen and oxygen atoms in total. The second-order valence-corrected chi connectivity index (χ2v) is 9.10. The van der Waals surface area contributed by atoms with Gasteiger partial charge in [-0.2, -0.15) is 0 Å². The Kier molecular flexibility index (Phi) is 5.80. The molecule has 0 atom stereocenters. The number of carbonyl (C=O) groups excluding carboxylic acids is 2. The SMILES string of the molecule is C=C(c1ccc2c(c1Br)COC2=O)C1CCN(C(=O)Cc2ccc(-n3cnnn3)cc2)CC1. The first-order valence-electron chi connectivity index (χ1n) is 10.8. The van der Waals surface area contributed by atoms with Gasteiger partial charge < -0.3 is 9.64 Å². The molecular weight excluding hydrogens is 486 g/mol. The number of fused-ring (bicyclic) bond motifs is 1. The number of amides is 1. The van der Waals surface area contributed by atoms with E-state index in [4.69, 9.17) is 4.74 Å². The molecule has 1 saturated heterocycles. The van der Waals surface area contributed by atoms with Crippen LogP contribution in [0.15, 0.2) is 53.8 Å². The smallest absolute Gasteiger partial charge is 0.338 e. The zero-order valence-corrected chi connectivity index (χ0v) is 19.5. The molecule has 0 radical (unpaired) electrons. The molecule has 1 amide bonds. The molecule has 168 valence electrons. The molecule has 9 heteroatoms. The molecule has 2 aromatic carbocycles. The summed E-state index contributed by atoms with van der Waals surface area (Å²) in [6.45, 7) is 6.04. The molecule has 1 fully saturated rings. The molecule has 5 rings (SSSR count). The fourth-order valence-electron chi connectivity index (χ4n) is 4.45. The summed E-state index contributed by atoms with van der Waals surface area (Å²) in [7, 11) is 0. The standard InChI is InChI=1S/C24H22BrN5O3/c1-15(19-6-7-20-21(23(19)25)13-33-24(20)32)17-8-10-29(11-9-17)22(31)12-16-2-4-18(5-3-16)30-14-26-27-28-30/h2-7,14,17H,1,8-13H2. The van der Waals surface area contributed by atoms with Gasteiger partial charge in [-0.1, -0.05) is 24.8 Å². The van der Waals surface area contributed by atoms with E-state index in [0.29, 0.717) is 31.7 Å². The Morgan fingerprint density at radius 2 is 1.91 bits per heavy atom. The molecule has 2 aliphatic heterocycles. The lowest BCUT2D eigenvalue weighted by Crippen LogP contribution is -2.39. The number of aromatic nitrogens is 4. The average Bonchev–Trinajstić information content (AvgIpc) is 3.50. The molecule has 0 N–H and O–H groups in total. The van der Waals surface area contributed by atoms with E-state index in [1.165, 1.54) is 6.33 Å². The predicted molar refractivity (Wildman–Crippen MR) is 124 cm³/mol. The highest BCUT2D eigenvalue weighted by Crippen LogP contribution is 2.38. The molecule has 0 aliphatic carbocycles. The van der Waals surface area contributed by atoms with Crippen molar-refractivity contribution in [1.29, 1.82) is 0 Å². The summed E-state index contributed by atoms with van der Waals surface area (Å²) >= 11 is 3.65. The van der Waals surface area contributed by atoms with Gasteiger partial charge in [0.2, 0.25) is 5.91 Å². The molecular formula is C24H22BrN5O3. The third-order valence-corrected chi connectivity index (χ3v) is 7.31. The quantitative estimate of drug-likeness (QED) is 0.490. The molecule has 3 aromatic rings. The number of hydrogen-bond acceptors (Lipinski definition) is 6. The lowest BCUT2D eigenvalue weighted by Gasteiger charge is -2.33. The number of ether oxygens (including phenoxy) is 1. The van der Waals surface area contributed by atoms with Gasteiger partial charge in [-0.3, -0.25) is 4.79 Å². The van der Waals surface area contributed by atoms with Crippen LogP contribution in [0.3, 0.4) is 0 Å². The number of rotatable bonds is 5. The van der Waals surface area contributed by atoms with Crippen LogP contribution in [0.25, 0.3) is 11.3 Å². The molecule has 1 aromatic heterocycles. The fraction of sp³-hybridized carbons (Fsp3) is 0.292. The van der Waals surface area contributed by atoms with Crippen LogP contribution in [-0.2, 0) is 22.6 Å². The number of tetrazole rings is 1. The summed E-state index contributed by atoms with van der Waals surface area (Å²) in [6, 6.07) is 11.4. The number of benzene rings is 2. The second kappa shape index (κ2) is 8.90. The van der Waals surface area contributed by atoms with Gasteiger partial charge in [0.25, 0.3) is 0 Å². The summed E-state index contributed by atoms with van der Waals surface area (Å²) in [6.07, 6.45) is 3.63. The van der Waals surface area contributed by atoms with E-state index >= 15 is 0 Å². The number of nitrogens with zero attached hydrogens (tertiary/aromatic N) is 5. The molecule has 3 heterocycles. The highest BCUT2D eigenvalue weighted by Gasteiger charge is 2.29. The maximum atomic E-state index is 12.9. The van der Waals surface area contributed by atoms with Crippen LogP contribution in [0.1, 0.15) is 39.9 Å². The van der Waals surface area contributed by atoms with Gasteiger partial charge in [-0.05, 0) is 80.0 Å². The zero-order valence-electron chi connectivity index (χ0n) is 17.9. The predicted octanol–water partition coefficient (Wildman–Crippen LogP) is 3.59. The van der Waals surface area contributed by atoms with E-state index in [0.717, 1.165) is 45.3 Å². The summed E-state index contributed by atoms with van der Waals surface area (Å²) in [4.78, 5) is 26.6. The topological polar surface area (TPSA) is 90.2 Å². The average molecular weight is 508 g/mol. The number of likely N-dealkylation sites (tertiary alicyclic amines) is 1. The Hall–Kier alpha value is -3.33. The summed E-state index contributed by atoms with van der Waals surface area (Å²) in [5, 5.41) is 11.1. The lowest BCUT2D eigenvalue weighted by atomic mass is 9.85. The molecule has 0 unspecified atom stereocenters. The van der Waals surface area contributed by atoms with Gasteiger partial charge >= 0.3 is 5.97 Å². The van der Waals surface area contributed by atoms with Gasteiger partial charge in [0.15, 0.2) is 0 Å². The van der Waals surface area contributed by atoms with Gasteiger partial charge in [0.1, 0.15) is 12.9 Å². The Balaban J connectivity index is 1.18. The molecule has 0 bridgehead atoms. The minimum absolute atomic E-state index is 0.128. The maximum Gasteiger partial charge on any atom is 0.338 e. The van der Waals surface area contributed by atoms with Crippen molar-refractivity contribution in [2.45, 2.75) is 25.9 Å². The number of halogens is 1. The van der Waals surface area contributed by atoms with Crippen molar-refractivity contribution < 1.29 is 14.3 Å². The van der Waals surface area contributed by atoms with Crippen LogP contribution in [-0.4, -0.2) is 50.1 Å². The monoisotopic (exact) mass is 507 g/mol. The zero-order chi connectivity index (χ0) is 22.9. The molecule has 0 spiro atoms. The fourth-order valence-corrected chi connectivity index (χ4v) is 5.16. The lowest BCUT2D eigenvalue weighted by molar-refractivity contribution is -0.131. The minimum atomic E-state index is -0.278. The van der Waals surface area contributed by atoms with E-state index in [-0.39, 0.29) is 17.8 Å². The number of piperidine rings is 1. The van der Waals surface area contributed by atoms with Crippen molar-refractivity contribution in [1.82, 2.24) is 25.1 Å². The normalized spacial score (nSPS) is 15.9. The maximum absolute atomic E-state index is 12.9. The van der Waals surface area contributed by atoms with Crippen molar-refractivity contribution in [2.24, 2.45) is 5.92 Å². The van der Waals surface area contributed by atoms with Crippen molar-refractivity contribution in [3.05, 3.63) is 76.0 Å². The molecule has 33 heavy (non-hydrogen) atoms. The first-order chi connectivity index (χ1) is 16.0. The van der Waals surface area contributed by atoms with Crippen molar-refractivity contribution >= 4 is 33.4 Å². The van der Waals surface area contributed by atoms with Gasteiger partial charge in [0, 0.05) is 23.1 Å². The van der Waals surface area contributed by atoms with Crippen LogP contribution < -0.4 is 0 Å². The molecule has 0 saturated carbocycles. The van der Waals surface area contributed by atoms with Crippen molar-refractivity contribution in [2.75, 3.05) is 13.1 Å². The Bertz CT molecular complexity index is 1220. The first-order valence-corrected chi connectivity index (χ1v) is 11.6. The first kappa shape index (κ1) is 21.5. The summed E-state index contributed by atoms with van der Waals surface area (Å²) in [5.41, 5.74) is 5.36. The number of carbonyl (C=O) groups is 2. The van der Waals surface area contributed by atoms with Crippen LogP contribution in [0.2, 0.25) is 0 Å². The molecule has 2 aliphatic rings. The van der Waals surface area contributed by atoms with E-state index in [1.54, 1.807) is 4.68 Å². The number of esters is 1. The van der Waals surface area contributed by atoms with Gasteiger partial charge in [-0.25, -0.2) is 9.48 Å². The Labute approximate surface area is 199 Å². The van der Waals surface area contributed by atoms with E-state index in [1.807, 2.05) is 41.3 Å². The van der Waals surface area contributed by atoms with E-state index in [2.05, 4.69) is 38.0 Å². The van der Waals surface area contributed by atoms with Crippen LogP contribution >= 0.6 is 15.9 Å². The van der Waals surface area contributed by atoms with Crippen molar-refractivity contribution in [3.8, 4) is 5.69 Å². The Morgan fingerprint density at radius 1 is 1.15 bits per heavy atom. The largest absolute Gasteiger partial charge is 0.457 e. The number of hydrogen-bond donors (Lipinski definition) is 0. The second-order valence-electron chi connectivity index (χ2n) is 8.31. The number of cyclic esters (lactones) is 1. The third kappa shape index (κ3) is 4.20. The van der Waals surface area contributed by atoms with Crippen LogP contribution in [0, 0.1) is 5.92 Å².